The minimum Gasteiger partial charge on any atom is -0.316 e. The highest BCUT2D eigenvalue weighted by Crippen LogP contribution is 2.17. The Labute approximate surface area is 181 Å². The standard InChI is InChI=1S/C22H26N4O4S/c1-15-19(21(28)26(25(15)5)17-9-7-6-8-10-17)23-20(27)16-11-13-18(14-12-16)31(29,30)24-22(2,3)4/h6-14,24H,1-5H3,(H,23,27). The maximum Gasteiger partial charge on any atom is 0.295 e. The smallest absolute Gasteiger partial charge is 0.295 e. The van der Waals surface area contributed by atoms with Gasteiger partial charge in [0.1, 0.15) is 5.69 Å². The van der Waals surface area contributed by atoms with Gasteiger partial charge in [0.05, 0.1) is 16.3 Å². The van der Waals surface area contributed by atoms with Gasteiger partial charge >= 0.3 is 0 Å². The maximum atomic E-state index is 12.9. The fraction of sp³-hybridized carbons (Fsp3) is 0.273. The molecule has 0 unspecified atom stereocenters. The fourth-order valence-electron chi connectivity index (χ4n) is 3.15. The van der Waals surface area contributed by atoms with Crippen molar-refractivity contribution in [3.63, 3.8) is 0 Å². The Morgan fingerprint density at radius 1 is 0.968 bits per heavy atom. The van der Waals surface area contributed by atoms with Crippen LogP contribution in [0.4, 0.5) is 5.69 Å². The number of para-hydroxylation sites is 1. The van der Waals surface area contributed by atoms with Crippen molar-refractivity contribution in [2.24, 2.45) is 7.05 Å². The summed E-state index contributed by atoms with van der Waals surface area (Å²) < 4.78 is 30.6. The molecule has 0 fully saturated rings. The van der Waals surface area contributed by atoms with Gasteiger partial charge in [0.15, 0.2) is 0 Å². The van der Waals surface area contributed by atoms with E-state index in [1.165, 1.54) is 28.9 Å². The Morgan fingerprint density at radius 3 is 2.10 bits per heavy atom. The fourth-order valence-corrected chi connectivity index (χ4v) is 4.56. The third-order valence-corrected chi connectivity index (χ3v) is 6.43. The Balaban J connectivity index is 1.87. The number of amides is 1. The third-order valence-electron chi connectivity index (χ3n) is 4.66. The van der Waals surface area contributed by atoms with Gasteiger partial charge in [-0.15, -0.1) is 0 Å². The van der Waals surface area contributed by atoms with Crippen LogP contribution >= 0.6 is 0 Å². The molecule has 0 saturated heterocycles. The van der Waals surface area contributed by atoms with Crippen molar-refractivity contribution >= 4 is 21.6 Å². The third kappa shape index (κ3) is 4.78. The van der Waals surface area contributed by atoms with Gasteiger partial charge in [-0.25, -0.2) is 17.8 Å². The lowest BCUT2D eigenvalue weighted by Gasteiger charge is -2.20. The van der Waals surface area contributed by atoms with Crippen molar-refractivity contribution < 1.29 is 13.2 Å². The Kier molecular flexibility index (Phi) is 5.93. The molecule has 164 valence electrons. The van der Waals surface area contributed by atoms with Crippen LogP contribution in [0.1, 0.15) is 36.8 Å². The van der Waals surface area contributed by atoms with Crippen molar-refractivity contribution in [1.29, 1.82) is 0 Å². The van der Waals surface area contributed by atoms with E-state index in [4.69, 9.17) is 0 Å². The number of anilines is 1. The number of nitrogens with one attached hydrogen (secondary N) is 2. The zero-order chi connectivity index (χ0) is 23.0. The van der Waals surface area contributed by atoms with Crippen LogP contribution in [0.25, 0.3) is 5.69 Å². The van der Waals surface area contributed by atoms with E-state index in [1.54, 1.807) is 51.6 Å². The lowest BCUT2D eigenvalue weighted by atomic mass is 10.1. The molecule has 1 aromatic heterocycles. The first-order valence-electron chi connectivity index (χ1n) is 9.70. The molecule has 2 aromatic carbocycles. The second-order valence-electron chi connectivity index (χ2n) is 8.27. The molecule has 8 nitrogen and oxygen atoms in total. The van der Waals surface area contributed by atoms with Crippen molar-refractivity contribution in [3.05, 3.63) is 76.2 Å². The van der Waals surface area contributed by atoms with Crippen LogP contribution in [0, 0.1) is 6.92 Å². The van der Waals surface area contributed by atoms with Crippen molar-refractivity contribution in [3.8, 4) is 5.69 Å². The number of hydrogen-bond donors (Lipinski definition) is 2. The molecule has 0 bridgehead atoms. The van der Waals surface area contributed by atoms with Crippen LogP contribution in [0.3, 0.4) is 0 Å². The molecule has 1 heterocycles. The van der Waals surface area contributed by atoms with Gasteiger partial charge in [0, 0.05) is 18.2 Å². The van der Waals surface area contributed by atoms with Gasteiger partial charge < -0.3 is 5.32 Å². The average molecular weight is 443 g/mol. The summed E-state index contributed by atoms with van der Waals surface area (Å²) in [6, 6.07) is 14.7. The second kappa shape index (κ2) is 8.16. The van der Waals surface area contributed by atoms with Crippen LogP contribution in [0.2, 0.25) is 0 Å². The number of sulfonamides is 1. The minimum absolute atomic E-state index is 0.0568. The molecule has 0 atom stereocenters. The monoisotopic (exact) mass is 442 g/mol. The first kappa shape index (κ1) is 22.5. The molecule has 2 N–H and O–H groups in total. The van der Waals surface area contributed by atoms with Gasteiger partial charge in [-0.05, 0) is 64.1 Å². The summed E-state index contributed by atoms with van der Waals surface area (Å²) in [4.78, 5) is 25.7. The van der Waals surface area contributed by atoms with E-state index in [9.17, 15) is 18.0 Å². The van der Waals surface area contributed by atoms with Gasteiger partial charge in [0.25, 0.3) is 11.5 Å². The summed E-state index contributed by atoms with van der Waals surface area (Å²) in [6.07, 6.45) is 0. The molecule has 0 aliphatic carbocycles. The Bertz CT molecular complexity index is 1270. The summed E-state index contributed by atoms with van der Waals surface area (Å²) in [6.45, 7) is 6.98. The van der Waals surface area contributed by atoms with Crippen LogP contribution in [-0.4, -0.2) is 29.2 Å². The largest absolute Gasteiger partial charge is 0.316 e. The lowest BCUT2D eigenvalue weighted by Crippen LogP contribution is -2.40. The highest BCUT2D eigenvalue weighted by molar-refractivity contribution is 7.89. The number of benzene rings is 2. The van der Waals surface area contributed by atoms with E-state index < -0.39 is 21.5 Å². The molecule has 1 amide bonds. The molecule has 31 heavy (non-hydrogen) atoms. The summed E-state index contributed by atoms with van der Waals surface area (Å²) in [7, 11) is -1.97. The number of rotatable bonds is 5. The predicted molar refractivity (Wildman–Crippen MR) is 120 cm³/mol. The molecule has 0 saturated carbocycles. The molecule has 0 aliphatic rings. The molecule has 3 rings (SSSR count). The number of nitrogens with zero attached hydrogens (tertiary/aromatic N) is 2. The summed E-state index contributed by atoms with van der Waals surface area (Å²) in [5.41, 5.74) is 0.702. The lowest BCUT2D eigenvalue weighted by molar-refractivity contribution is 0.102. The number of aromatic nitrogens is 2. The van der Waals surface area contributed by atoms with Crippen LogP contribution in [0.5, 0.6) is 0 Å². The minimum atomic E-state index is -3.70. The van der Waals surface area contributed by atoms with Gasteiger partial charge in [0.2, 0.25) is 10.0 Å². The van der Waals surface area contributed by atoms with Crippen molar-refractivity contribution in [1.82, 2.24) is 14.1 Å². The molecule has 0 aliphatic heterocycles. The normalized spacial score (nSPS) is 12.0. The average Bonchev–Trinajstić information content (AvgIpc) is 2.90. The van der Waals surface area contributed by atoms with Crippen LogP contribution in [0.15, 0.2) is 64.3 Å². The van der Waals surface area contributed by atoms with E-state index >= 15 is 0 Å². The molecular formula is C22H26N4O4S. The van der Waals surface area contributed by atoms with E-state index in [0.717, 1.165) is 0 Å². The van der Waals surface area contributed by atoms with Gasteiger partial charge in [-0.1, -0.05) is 18.2 Å². The second-order valence-corrected chi connectivity index (χ2v) is 9.95. The SMILES string of the molecule is Cc1c(NC(=O)c2ccc(S(=O)(=O)NC(C)(C)C)cc2)c(=O)n(-c2ccccc2)n1C. The maximum absolute atomic E-state index is 12.9. The highest BCUT2D eigenvalue weighted by Gasteiger charge is 2.23. The summed E-state index contributed by atoms with van der Waals surface area (Å²) >= 11 is 0. The van der Waals surface area contributed by atoms with Crippen LogP contribution in [-0.2, 0) is 17.1 Å². The first-order valence-corrected chi connectivity index (χ1v) is 11.2. The zero-order valence-corrected chi connectivity index (χ0v) is 18.9. The molecular weight excluding hydrogens is 416 g/mol. The summed E-state index contributed by atoms with van der Waals surface area (Å²) in [5, 5.41) is 2.66. The molecule has 9 heteroatoms. The number of carbonyl (C=O) groups is 1. The quantitative estimate of drug-likeness (QED) is 0.634. The van der Waals surface area contributed by atoms with Gasteiger partial charge in [-0.3, -0.25) is 14.3 Å². The van der Waals surface area contributed by atoms with E-state index in [1.807, 2.05) is 18.2 Å². The van der Waals surface area contributed by atoms with Crippen molar-refractivity contribution in [2.75, 3.05) is 5.32 Å². The molecule has 0 spiro atoms. The van der Waals surface area contributed by atoms with E-state index in [-0.39, 0.29) is 21.7 Å². The highest BCUT2D eigenvalue weighted by atomic mass is 32.2. The number of hydrogen-bond acceptors (Lipinski definition) is 4. The first-order chi connectivity index (χ1) is 14.4. The number of carbonyl (C=O) groups excluding carboxylic acids is 1. The van der Waals surface area contributed by atoms with Crippen molar-refractivity contribution in [2.45, 2.75) is 38.1 Å². The zero-order valence-electron chi connectivity index (χ0n) is 18.1. The van der Waals surface area contributed by atoms with E-state index in [0.29, 0.717) is 11.4 Å². The molecule has 0 radical (unpaired) electrons. The Hall–Kier alpha value is -3.17. The Morgan fingerprint density at radius 2 is 1.55 bits per heavy atom. The van der Waals surface area contributed by atoms with Gasteiger partial charge in [-0.2, -0.15) is 0 Å². The van der Waals surface area contributed by atoms with Crippen LogP contribution < -0.4 is 15.6 Å². The molecule has 3 aromatic rings. The summed E-state index contributed by atoms with van der Waals surface area (Å²) in [5.74, 6) is -0.501. The van der Waals surface area contributed by atoms with E-state index in [2.05, 4.69) is 10.0 Å². The topological polar surface area (TPSA) is 102 Å². The predicted octanol–water partition coefficient (Wildman–Crippen LogP) is 2.81.